The number of halogens is 2. The third-order valence-corrected chi connectivity index (χ3v) is 7.95. The van der Waals surface area contributed by atoms with Crippen molar-refractivity contribution in [3.8, 4) is 0 Å². The topological polar surface area (TPSA) is 39.2 Å². The number of nitrogens with zero attached hydrogens (tertiary/aromatic N) is 1. The van der Waals surface area contributed by atoms with Gasteiger partial charge in [-0.1, -0.05) is 18.2 Å². The summed E-state index contributed by atoms with van der Waals surface area (Å²) in [6.07, 6.45) is 5.22. The second-order valence-electron chi connectivity index (χ2n) is 8.92. The number of carbonyl (C=O) groups is 1. The monoisotopic (exact) mass is 369 g/mol. The van der Waals surface area contributed by atoms with E-state index in [4.69, 9.17) is 4.74 Å². The molecule has 0 N–H and O–H groups in total. The first kappa shape index (κ1) is 16.0. The van der Waals surface area contributed by atoms with Crippen LogP contribution < -0.4 is 0 Å². The van der Waals surface area contributed by atoms with Crippen LogP contribution in [0.1, 0.15) is 37.7 Å². The van der Waals surface area contributed by atoms with E-state index in [0.29, 0.717) is 25.7 Å². The van der Waals surface area contributed by atoms with Crippen molar-refractivity contribution in [3.05, 3.63) is 42.1 Å². The molecule has 27 heavy (non-hydrogen) atoms. The first-order chi connectivity index (χ1) is 13.0. The normalized spacial score (nSPS) is 36.4. The Bertz CT molecular complexity index is 958. The van der Waals surface area contributed by atoms with Gasteiger partial charge in [0.1, 0.15) is 6.61 Å². The minimum atomic E-state index is -2.68. The summed E-state index contributed by atoms with van der Waals surface area (Å²) in [5.41, 5.74) is 0.00976. The summed E-state index contributed by atoms with van der Waals surface area (Å²) in [6, 6.07) is 9.61. The Morgan fingerprint density at radius 2 is 1.96 bits per heavy atom. The van der Waals surface area contributed by atoms with Gasteiger partial charge in [0.25, 0.3) is 5.92 Å². The number of aromatic nitrogens is 1. The molecule has 7 rings (SSSR count). The van der Waals surface area contributed by atoms with Crippen molar-refractivity contribution >= 4 is 16.9 Å². The van der Waals surface area contributed by atoms with Crippen molar-refractivity contribution in [1.29, 1.82) is 0 Å². The molecule has 0 spiro atoms. The number of hydrogen-bond donors (Lipinski definition) is 0. The molecule has 1 aromatic heterocycles. The van der Waals surface area contributed by atoms with Crippen molar-refractivity contribution in [3.63, 3.8) is 0 Å². The second-order valence-corrected chi connectivity index (χ2v) is 8.92. The van der Waals surface area contributed by atoms with Crippen LogP contribution in [0.4, 0.5) is 8.78 Å². The van der Waals surface area contributed by atoms with Crippen LogP contribution in [0.2, 0.25) is 0 Å². The lowest BCUT2D eigenvalue weighted by Crippen LogP contribution is -2.43. The first-order valence-electron chi connectivity index (χ1n) is 9.90. The fraction of sp³-hybridized carbons (Fsp3) is 0.545. The quantitative estimate of drug-likeness (QED) is 0.746. The Morgan fingerprint density at radius 3 is 2.67 bits per heavy atom. The van der Waals surface area contributed by atoms with Crippen molar-refractivity contribution in [2.24, 2.45) is 23.2 Å². The Kier molecular flexibility index (Phi) is 2.88. The van der Waals surface area contributed by atoms with Crippen molar-refractivity contribution in [1.82, 2.24) is 4.98 Å². The number of rotatable bonds is 4. The predicted octanol–water partition coefficient (Wildman–Crippen LogP) is 4.49. The maximum atomic E-state index is 14.8. The molecule has 0 saturated heterocycles. The Hall–Kier alpha value is -2.04. The highest BCUT2D eigenvalue weighted by atomic mass is 19.3. The number of hydrogen-bond acceptors (Lipinski definition) is 3. The number of alkyl halides is 2. The van der Waals surface area contributed by atoms with E-state index < -0.39 is 22.7 Å². The van der Waals surface area contributed by atoms with E-state index in [-0.39, 0.29) is 24.4 Å². The summed E-state index contributed by atoms with van der Waals surface area (Å²) in [7, 11) is 0. The smallest absolute Gasteiger partial charge is 0.316 e. The molecule has 5 aliphatic rings. The van der Waals surface area contributed by atoms with Crippen molar-refractivity contribution in [2.45, 2.75) is 43.4 Å². The summed E-state index contributed by atoms with van der Waals surface area (Å²) in [4.78, 5) is 17.4. The van der Waals surface area contributed by atoms with Gasteiger partial charge in [-0.2, -0.15) is 0 Å². The largest absolute Gasteiger partial charge is 0.464 e. The van der Waals surface area contributed by atoms with E-state index in [9.17, 15) is 13.6 Å². The lowest BCUT2D eigenvalue weighted by atomic mass is 9.78. The molecule has 1 heterocycles. The fourth-order valence-corrected chi connectivity index (χ4v) is 6.30. The third kappa shape index (κ3) is 1.81. The van der Waals surface area contributed by atoms with Gasteiger partial charge in [-0.15, -0.1) is 0 Å². The number of carbonyl (C=O) groups excluding carboxylic acids is 1. The molecule has 140 valence electrons. The van der Waals surface area contributed by atoms with Crippen LogP contribution in [0.15, 0.2) is 36.5 Å². The zero-order valence-corrected chi connectivity index (χ0v) is 15.0. The van der Waals surface area contributed by atoms with Crippen LogP contribution in [0.3, 0.4) is 0 Å². The van der Waals surface area contributed by atoms with Gasteiger partial charge in [0.2, 0.25) is 0 Å². The molecule has 0 amide bonds. The van der Waals surface area contributed by atoms with E-state index in [1.54, 1.807) is 6.20 Å². The molecule has 5 fully saturated rings. The summed E-state index contributed by atoms with van der Waals surface area (Å²) < 4.78 is 35.3. The van der Waals surface area contributed by atoms with Gasteiger partial charge in [0.05, 0.1) is 16.3 Å². The SMILES string of the molecule is O=C(OCC12C3CCC(CC31)C2(F)F)C1(c2ccnc3ccccc23)CC1. The molecule has 5 heteroatoms. The summed E-state index contributed by atoms with van der Waals surface area (Å²) in [6.45, 7) is -0.116. The lowest BCUT2D eigenvalue weighted by Gasteiger charge is -2.35. The number of pyridine rings is 1. The lowest BCUT2D eigenvalue weighted by molar-refractivity contribution is -0.167. The van der Waals surface area contributed by atoms with Gasteiger partial charge >= 0.3 is 5.97 Å². The van der Waals surface area contributed by atoms with Crippen LogP contribution >= 0.6 is 0 Å². The van der Waals surface area contributed by atoms with Gasteiger partial charge in [-0.3, -0.25) is 9.78 Å². The van der Waals surface area contributed by atoms with Crippen molar-refractivity contribution in [2.75, 3.05) is 6.61 Å². The molecule has 0 radical (unpaired) electrons. The molecule has 0 aliphatic heterocycles. The number of benzene rings is 1. The number of esters is 1. The van der Waals surface area contributed by atoms with Crippen molar-refractivity contribution < 1.29 is 18.3 Å². The van der Waals surface area contributed by atoms with Gasteiger partial charge in [-0.05, 0) is 61.6 Å². The molecule has 4 atom stereocenters. The van der Waals surface area contributed by atoms with E-state index in [1.165, 1.54) is 0 Å². The van der Waals surface area contributed by atoms with Gasteiger partial charge < -0.3 is 4.74 Å². The first-order valence-corrected chi connectivity index (χ1v) is 9.90. The Labute approximate surface area is 156 Å². The van der Waals surface area contributed by atoms with Gasteiger partial charge in [0, 0.05) is 17.5 Å². The molecule has 5 aliphatic carbocycles. The maximum absolute atomic E-state index is 14.8. The average Bonchev–Trinajstić information content (AvgIpc) is 3.58. The zero-order valence-electron chi connectivity index (χ0n) is 15.0. The minimum absolute atomic E-state index is 0.0437. The van der Waals surface area contributed by atoms with Gasteiger partial charge in [0.15, 0.2) is 0 Å². The predicted molar refractivity (Wildman–Crippen MR) is 95.3 cm³/mol. The number of fused-ring (bicyclic) bond motifs is 2. The van der Waals surface area contributed by atoms with E-state index in [1.807, 2.05) is 30.3 Å². The van der Waals surface area contributed by atoms with Crippen LogP contribution in [0.5, 0.6) is 0 Å². The van der Waals surface area contributed by atoms with Gasteiger partial charge in [-0.25, -0.2) is 8.78 Å². The van der Waals surface area contributed by atoms with E-state index in [2.05, 4.69) is 4.98 Å². The summed E-state index contributed by atoms with van der Waals surface area (Å²) in [5, 5.41) is 0.946. The van der Waals surface area contributed by atoms with Crippen LogP contribution in [-0.4, -0.2) is 23.5 Å². The second kappa shape index (κ2) is 4.86. The van der Waals surface area contributed by atoms with E-state index in [0.717, 1.165) is 22.9 Å². The van der Waals surface area contributed by atoms with E-state index >= 15 is 0 Å². The highest BCUT2D eigenvalue weighted by Gasteiger charge is 2.85. The number of ether oxygens (including phenoxy) is 1. The standard InChI is InChI=1S/C22H21F2NO2/c23-22(24)13-5-6-16-17(11-13)21(16,22)12-27-19(26)20(8-9-20)15-7-10-25-18-4-2-1-3-14(15)18/h1-4,7,10,13,16-17H,5-6,8-9,11-12H2. The Morgan fingerprint density at radius 1 is 1.15 bits per heavy atom. The highest BCUT2D eigenvalue weighted by molar-refractivity contribution is 5.94. The zero-order chi connectivity index (χ0) is 18.4. The Balaban J connectivity index is 1.28. The van der Waals surface area contributed by atoms with Crippen LogP contribution in [-0.2, 0) is 14.9 Å². The molecule has 1 aromatic carbocycles. The highest BCUT2D eigenvalue weighted by Crippen LogP contribution is 2.81. The molecular weight excluding hydrogens is 348 g/mol. The maximum Gasteiger partial charge on any atom is 0.316 e. The van der Waals surface area contributed by atoms with Crippen LogP contribution in [0.25, 0.3) is 10.9 Å². The summed E-state index contributed by atoms with van der Waals surface area (Å²) >= 11 is 0. The molecule has 4 bridgehead atoms. The molecule has 3 nitrogen and oxygen atoms in total. The molecule has 4 unspecified atom stereocenters. The minimum Gasteiger partial charge on any atom is -0.464 e. The summed E-state index contributed by atoms with van der Waals surface area (Å²) in [5.74, 6) is -3.43. The van der Waals surface area contributed by atoms with Crippen LogP contribution in [0, 0.1) is 23.2 Å². The molecular formula is C22H21F2NO2. The molecule has 5 saturated carbocycles. The average molecular weight is 369 g/mol. The molecule has 2 aromatic rings. The third-order valence-electron chi connectivity index (χ3n) is 7.95. The number of para-hydroxylation sites is 1. The fourth-order valence-electron chi connectivity index (χ4n) is 6.30.